The number of ether oxygens (including phenoxy) is 3. The number of nitro benzene ring substituents is 1. The number of nitrogens with zero attached hydrogens (tertiary/aromatic N) is 2. The molecule has 9 nitrogen and oxygen atoms in total. The second kappa shape index (κ2) is 11.5. The van der Waals surface area contributed by atoms with E-state index in [1.165, 1.54) is 12.1 Å². The normalized spacial score (nSPS) is 11.1. The summed E-state index contributed by atoms with van der Waals surface area (Å²) in [5, 5.41) is 17.2. The highest BCUT2D eigenvalue weighted by Gasteiger charge is 2.06. The van der Waals surface area contributed by atoms with Gasteiger partial charge in [0.15, 0.2) is 17.5 Å². The molecule has 0 unspecified atom stereocenters. The maximum absolute atomic E-state index is 10.8. The van der Waals surface area contributed by atoms with Gasteiger partial charge >= 0.3 is 0 Å². The second-order valence-corrected chi connectivity index (χ2v) is 6.05. The van der Waals surface area contributed by atoms with Crippen LogP contribution in [-0.2, 0) is 17.8 Å². The lowest BCUT2D eigenvalue weighted by molar-refractivity contribution is -0.384. The van der Waals surface area contributed by atoms with Gasteiger partial charge in [-0.1, -0.05) is 18.2 Å². The smallest absolute Gasteiger partial charge is 0.269 e. The molecule has 29 heavy (non-hydrogen) atoms. The fraction of sp³-hybridized carbons (Fsp3) is 0.350. The van der Waals surface area contributed by atoms with E-state index in [1.807, 2.05) is 18.2 Å². The molecule has 0 radical (unpaired) electrons. The number of benzene rings is 2. The van der Waals surface area contributed by atoms with Crippen molar-refractivity contribution >= 4 is 11.6 Å². The number of methoxy groups -OCH3 is 3. The molecule has 0 spiro atoms. The lowest BCUT2D eigenvalue weighted by Gasteiger charge is -2.13. The Hall–Kier alpha value is -3.33. The Morgan fingerprint density at radius 3 is 2.31 bits per heavy atom. The third-order valence-corrected chi connectivity index (χ3v) is 4.07. The van der Waals surface area contributed by atoms with Crippen molar-refractivity contribution < 1.29 is 19.1 Å². The monoisotopic (exact) mass is 402 g/mol. The van der Waals surface area contributed by atoms with Crippen molar-refractivity contribution in [2.45, 2.75) is 13.1 Å². The minimum absolute atomic E-state index is 0.0642. The van der Waals surface area contributed by atoms with Crippen LogP contribution in [0.15, 0.2) is 47.5 Å². The SMILES string of the molecule is COCCNC(=NCc1ccc(OC)c(OC)c1)NCc1ccc([N+](=O)[O-])cc1. The molecule has 2 aromatic carbocycles. The number of guanidine groups is 1. The van der Waals surface area contributed by atoms with Crippen molar-refractivity contribution in [2.24, 2.45) is 4.99 Å². The molecule has 2 rings (SSSR count). The van der Waals surface area contributed by atoms with Gasteiger partial charge in [0.2, 0.25) is 0 Å². The summed E-state index contributed by atoms with van der Waals surface area (Å²) in [4.78, 5) is 14.9. The Bertz CT molecular complexity index is 824. The maximum atomic E-state index is 10.8. The van der Waals surface area contributed by atoms with Crippen molar-refractivity contribution in [3.8, 4) is 11.5 Å². The van der Waals surface area contributed by atoms with E-state index in [4.69, 9.17) is 14.2 Å². The van der Waals surface area contributed by atoms with Gasteiger partial charge in [-0.05, 0) is 23.3 Å². The van der Waals surface area contributed by atoms with Crippen molar-refractivity contribution in [1.82, 2.24) is 10.6 Å². The molecule has 9 heteroatoms. The van der Waals surface area contributed by atoms with Gasteiger partial charge in [0.1, 0.15) is 0 Å². The van der Waals surface area contributed by atoms with Gasteiger partial charge < -0.3 is 24.8 Å². The van der Waals surface area contributed by atoms with Crippen LogP contribution >= 0.6 is 0 Å². The molecule has 0 aliphatic carbocycles. The number of hydrogen-bond donors (Lipinski definition) is 2. The molecule has 0 saturated heterocycles. The number of rotatable bonds is 10. The Morgan fingerprint density at radius 2 is 1.69 bits per heavy atom. The fourth-order valence-corrected chi connectivity index (χ4v) is 2.52. The average molecular weight is 402 g/mol. The summed E-state index contributed by atoms with van der Waals surface area (Å²) in [7, 11) is 4.82. The highest BCUT2D eigenvalue weighted by molar-refractivity contribution is 5.79. The highest BCUT2D eigenvalue weighted by atomic mass is 16.6. The predicted octanol–water partition coefficient (Wildman–Crippen LogP) is 2.49. The van der Waals surface area contributed by atoms with E-state index < -0.39 is 4.92 Å². The third-order valence-electron chi connectivity index (χ3n) is 4.07. The van der Waals surface area contributed by atoms with Gasteiger partial charge in [0.05, 0.1) is 32.3 Å². The molecule has 0 fully saturated rings. The molecule has 2 aromatic rings. The zero-order valence-corrected chi connectivity index (χ0v) is 16.8. The summed E-state index contributed by atoms with van der Waals surface area (Å²) < 4.78 is 15.6. The van der Waals surface area contributed by atoms with Crippen LogP contribution in [0.4, 0.5) is 5.69 Å². The Balaban J connectivity index is 2.05. The zero-order valence-electron chi connectivity index (χ0n) is 16.8. The first kappa shape index (κ1) is 22.0. The van der Waals surface area contributed by atoms with Crippen molar-refractivity contribution in [2.75, 3.05) is 34.5 Å². The van der Waals surface area contributed by atoms with Crippen LogP contribution in [0.1, 0.15) is 11.1 Å². The van der Waals surface area contributed by atoms with E-state index in [2.05, 4.69) is 15.6 Å². The molecule has 0 aliphatic heterocycles. The van der Waals surface area contributed by atoms with E-state index in [1.54, 1.807) is 33.5 Å². The highest BCUT2D eigenvalue weighted by Crippen LogP contribution is 2.27. The van der Waals surface area contributed by atoms with E-state index in [0.717, 1.165) is 11.1 Å². The summed E-state index contributed by atoms with van der Waals surface area (Å²) in [6.45, 7) is 2.04. The predicted molar refractivity (Wildman–Crippen MR) is 110 cm³/mol. The minimum Gasteiger partial charge on any atom is -0.493 e. The van der Waals surface area contributed by atoms with Crippen LogP contribution in [0.3, 0.4) is 0 Å². The molecule has 0 atom stereocenters. The Labute approximate surface area is 169 Å². The maximum Gasteiger partial charge on any atom is 0.269 e. The van der Waals surface area contributed by atoms with Crippen molar-refractivity contribution in [1.29, 1.82) is 0 Å². The summed E-state index contributed by atoms with van der Waals surface area (Å²) in [5.41, 5.74) is 1.93. The number of aliphatic imine (C=N–C) groups is 1. The molecule has 0 heterocycles. The lowest BCUT2D eigenvalue weighted by Crippen LogP contribution is -2.38. The Morgan fingerprint density at radius 1 is 1.00 bits per heavy atom. The van der Waals surface area contributed by atoms with Crippen LogP contribution < -0.4 is 20.1 Å². The molecule has 156 valence electrons. The molecule has 0 aromatic heterocycles. The largest absolute Gasteiger partial charge is 0.493 e. The summed E-state index contributed by atoms with van der Waals surface area (Å²) >= 11 is 0. The molecule has 0 bridgehead atoms. The standard InChI is InChI=1S/C20H26N4O5/c1-27-11-10-21-20(22-13-15-4-7-17(8-5-15)24(25)26)23-14-16-6-9-18(28-2)19(12-16)29-3/h4-9,12H,10-11,13-14H2,1-3H3,(H2,21,22,23). The van der Waals surface area contributed by atoms with Gasteiger partial charge in [-0.25, -0.2) is 4.99 Å². The van der Waals surface area contributed by atoms with Gasteiger partial charge in [-0.2, -0.15) is 0 Å². The topological polar surface area (TPSA) is 107 Å². The van der Waals surface area contributed by atoms with Crippen LogP contribution in [0.5, 0.6) is 11.5 Å². The molecule has 0 saturated carbocycles. The van der Waals surface area contributed by atoms with Crippen molar-refractivity contribution in [3.63, 3.8) is 0 Å². The molecule has 0 amide bonds. The van der Waals surface area contributed by atoms with E-state index in [0.29, 0.717) is 43.7 Å². The van der Waals surface area contributed by atoms with Crippen LogP contribution in [0.2, 0.25) is 0 Å². The lowest BCUT2D eigenvalue weighted by atomic mass is 10.2. The van der Waals surface area contributed by atoms with Gasteiger partial charge in [-0.15, -0.1) is 0 Å². The quantitative estimate of drug-likeness (QED) is 0.207. The minimum atomic E-state index is -0.417. The third kappa shape index (κ3) is 6.96. The van der Waals surface area contributed by atoms with Crippen LogP contribution in [-0.4, -0.2) is 45.4 Å². The molecular weight excluding hydrogens is 376 g/mol. The van der Waals surface area contributed by atoms with Crippen LogP contribution in [0, 0.1) is 10.1 Å². The van der Waals surface area contributed by atoms with E-state index in [-0.39, 0.29) is 5.69 Å². The van der Waals surface area contributed by atoms with Gasteiger partial charge in [-0.3, -0.25) is 10.1 Å². The Kier molecular flexibility index (Phi) is 8.71. The number of nitrogens with one attached hydrogen (secondary N) is 2. The van der Waals surface area contributed by atoms with E-state index >= 15 is 0 Å². The molecule has 0 aliphatic rings. The summed E-state index contributed by atoms with van der Waals surface area (Å²) in [5.74, 6) is 1.91. The zero-order chi connectivity index (χ0) is 21.1. The summed E-state index contributed by atoms with van der Waals surface area (Å²) in [6.07, 6.45) is 0. The number of non-ortho nitro benzene ring substituents is 1. The molecular formula is C20H26N4O5. The fourth-order valence-electron chi connectivity index (χ4n) is 2.52. The number of nitro groups is 1. The second-order valence-electron chi connectivity index (χ2n) is 6.05. The first-order chi connectivity index (χ1) is 14.1. The van der Waals surface area contributed by atoms with E-state index in [9.17, 15) is 10.1 Å². The first-order valence-corrected chi connectivity index (χ1v) is 9.02. The number of hydrogen-bond acceptors (Lipinski definition) is 6. The van der Waals surface area contributed by atoms with Crippen molar-refractivity contribution in [3.05, 3.63) is 63.7 Å². The molecule has 2 N–H and O–H groups in total. The van der Waals surface area contributed by atoms with Gasteiger partial charge in [0.25, 0.3) is 5.69 Å². The average Bonchev–Trinajstić information content (AvgIpc) is 2.75. The van der Waals surface area contributed by atoms with Gasteiger partial charge in [0, 0.05) is 32.3 Å². The van der Waals surface area contributed by atoms with Crippen LogP contribution in [0.25, 0.3) is 0 Å². The first-order valence-electron chi connectivity index (χ1n) is 9.02. The summed E-state index contributed by atoms with van der Waals surface area (Å²) in [6, 6.07) is 12.0.